The van der Waals surface area contributed by atoms with Gasteiger partial charge in [-0.15, -0.1) is 0 Å². The lowest BCUT2D eigenvalue weighted by Gasteiger charge is -2.07. The molecule has 0 aromatic heterocycles. The fourth-order valence-electron chi connectivity index (χ4n) is 1.60. The van der Waals surface area contributed by atoms with Gasteiger partial charge in [0.2, 0.25) is 5.78 Å². The maximum atomic E-state index is 13.8. The summed E-state index contributed by atoms with van der Waals surface area (Å²) in [7, 11) is 0. The van der Waals surface area contributed by atoms with Crippen LogP contribution in [0.3, 0.4) is 0 Å². The summed E-state index contributed by atoms with van der Waals surface area (Å²) in [5, 5.41) is -0.390. The average molecular weight is 368 g/mol. The Labute approximate surface area is 124 Å². The number of hydrogen-bond donors (Lipinski definition) is 0. The Balaban J connectivity index is 2.61. The predicted molar refractivity (Wildman–Crippen MR) is 68.9 cm³/mol. The second-order valence-corrected chi connectivity index (χ2v) is 5.03. The Bertz CT molecular complexity index is 695. The smallest absolute Gasteiger partial charge is 0.201 e. The second-order valence-electron chi connectivity index (χ2n) is 3.80. The van der Waals surface area contributed by atoms with Crippen LogP contribution in [0.2, 0.25) is 5.02 Å². The minimum Gasteiger partial charge on any atom is -0.288 e. The first kappa shape index (κ1) is 15.0. The third-order valence-electron chi connectivity index (χ3n) is 2.51. The van der Waals surface area contributed by atoms with Crippen LogP contribution < -0.4 is 0 Å². The molecule has 0 atom stereocenters. The lowest BCUT2D eigenvalue weighted by molar-refractivity contribution is 0.102. The van der Waals surface area contributed by atoms with E-state index >= 15 is 0 Å². The van der Waals surface area contributed by atoms with E-state index in [1.54, 1.807) is 0 Å². The molecule has 0 N–H and O–H groups in total. The maximum Gasteiger partial charge on any atom is 0.201 e. The summed E-state index contributed by atoms with van der Waals surface area (Å²) >= 11 is 8.54. The summed E-state index contributed by atoms with van der Waals surface area (Å²) in [4.78, 5) is 12.0. The van der Waals surface area contributed by atoms with E-state index in [0.717, 1.165) is 6.07 Å². The summed E-state index contributed by atoms with van der Waals surface area (Å²) < 4.78 is 53.8. The van der Waals surface area contributed by atoms with Crippen molar-refractivity contribution < 1.29 is 22.4 Å². The Morgan fingerprint density at radius 3 is 2.15 bits per heavy atom. The molecular weight excluding hydrogens is 363 g/mol. The van der Waals surface area contributed by atoms with Gasteiger partial charge in [-0.2, -0.15) is 0 Å². The SMILES string of the molecule is O=C(c1ccc(Br)c(Cl)c1F)c1c(F)cc(F)cc1F. The minimum atomic E-state index is -1.41. The quantitative estimate of drug-likeness (QED) is 0.420. The van der Waals surface area contributed by atoms with Crippen molar-refractivity contribution in [3.05, 3.63) is 68.2 Å². The first-order chi connectivity index (χ1) is 9.32. The molecule has 0 heterocycles. The molecule has 0 bridgehead atoms. The molecule has 0 saturated heterocycles. The van der Waals surface area contributed by atoms with Gasteiger partial charge in [-0.25, -0.2) is 17.6 Å². The van der Waals surface area contributed by atoms with Gasteiger partial charge in [-0.05, 0) is 28.1 Å². The first-order valence-electron chi connectivity index (χ1n) is 5.15. The minimum absolute atomic E-state index is 0.188. The summed E-state index contributed by atoms with van der Waals surface area (Å²) in [5.74, 6) is -6.37. The number of carbonyl (C=O) groups is 1. The fourth-order valence-corrected chi connectivity index (χ4v) is 2.07. The molecule has 0 radical (unpaired) electrons. The van der Waals surface area contributed by atoms with Crippen molar-refractivity contribution in [3.63, 3.8) is 0 Å². The average Bonchev–Trinajstić information content (AvgIpc) is 2.34. The maximum absolute atomic E-state index is 13.8. The van der Waals surface area contributed by atoms with Crippen LogP contribution in [0, 0.1) is 23.3 Å². The summed E-state index contributed by atoms with van der Waals surface area (Å²) in [5.41, 5.74) is -1.65. The van der Waals surface area contributed by atoms with E-state index in [1.807, 2.05) is 0 Å². The normalized spacial score (nSPS) is 10.7. The molecule has 2 aromatic rings. The van der Waals surface area contributed by atoms with E-state index in [-0.39, 0.29) is 4.47 Å². The molecule has 0 aliphatic carbocycles. The molecule has 0 saturated carbocycles. The van der Waals surface area contributed by atoms with Crippen LogP contribution in [0.1, 0.15) is 15.9 Å². The number of rotatable bonds is 2. The highest BCUT2D eigenvalue weighted by atomic mass is 79.9. The summed E-state index contributed by atoms with van der Waals surface area (Å²) in [6.07, 6.45) is 0. The Hall–Kier alpha value is -1.40. The number of hydrogen-bond acceptors (Lipinski definition) is 1. The lowest BCUT2D eigenvalue weighted by Crippen LogP contribution is -2.10. The van der Waals surface area contributed by atoms with Gasteiger partial charge in [-0.3, -0.25) is 4.79 Å². The predicted octanol–water partition coefficient (Wildman–Crippen LogP) is 4.89. The molecule has 0 fully saturated rings. The van der Waals surface area contributed by atoms with Crippen LogP contribution >= 0.6 is 27.5 Å². The zero-order valence-corrected chi connectivity index (χ0v) is 11.8. The molecule has 1 nitrogen and oxygen atoms in total. The van der Waals surface area contributed by atoms with Crippen molar-refractivity contribution in [2.45, 2.75) is 0 Å². The van der Waals surface area contributed by atoms with Crippen LogP contribution in [0.25, 0.3) is 0 Å². The van der Waals surface area contributed by atoms with Crippen LogP contribution in [-0.2, 0) is 0 Å². The standard InChI is InChI=1S/C13H4BrClF4O/c14-7-2-1-6(12(19)11(7)15)13(20)10-8(17)3-5(16)4-9(10)18/h1-4H. The molecule has 7 heteroatoms. The molecule has 0 aliphatic rings. The summed E-state index contributed by atoms with van der Waals surface area (Å²) in [6.45, 7) is 0. The van der Waals surface area contributed by atoms with Gasteiger partial charge in [0, 0.05) is 16.6 Å². The highest BCUT2D eigenvalue weighted by Gasteiger charge is 2.24. The van der Waals surface area contributed by atoms with Crippen molar-refractivity contribution >= 4 is 33.3 Å². The molecule has 2 rings (SSSR count). The zero-order chi connectivity index (χ0) is 15.0. The highest BCUT2D eigenvalue weighted by molar-refractivity contribution is 9.10. The molecule has 20 heavy (non-hydrogen) atoms. The fraction of sp³-hybridized carbons (Fsp3) is 0. The van der Waals surface area contributed by atoms with Crippen molar-refractivity contribution in [2.75, 3.05) is 0 Å². The van der Waals surface area contributed by atoms with Crippen molar-refractivity contribution in [2.24, 2.45) is 0 Å². The van der Waals surface area contributed by atoms with E-state index in [4.69, 9.17) is 11.6 Å². The van der Waals surface area contributed by atoms with Crippen LogP contribution in [0.15, 0.2) is 28.7 Å². The van der Waals surface area contributed by atoms with E-state index < -0.39 is 45.2 Å². The number of benzene rings is 2. The third kappa shape index (κ3) is 2.58. The Morgan fingerprint density at radius 1 is 1.05 bits per heavy atom. The van der Waals surface area contributed by atoms with Crippen LogP contribution in [0.4, 0.5) is 17.6 Å². The third-order valence-corrected chi connectivity index (χ3v) is 3.77. The van der Waals surface area contributed by atoms with Gasteiger partial charge in [-0.1, -0.05) is 11.6 Å². The van der Waals surface area contributed by atoms with Gasteiger partial charge in [0.25, 0.3) is 0 Å². The van der Waals surface area contributed by atoms with E-state index in [2.05, 4.69) is 15.9 Å². The lowest BCUT2D eigenvalue weighted by atomic mass is 10.0. The van der Waals surface area contributed by atoms with Gasteiger partial charge in [0.1, 0.15) is 17.5 Å². The van der Waals surface area contributed by atoms with Crippen molar-refractivity contribution in [1.29, 1.82) is 0 Å². The Morgan fingerprint density at radius 2 is 1.60 bits per heavy atom. The van der Waals surface area contributed by atoms with Gasteiger partial charge in [0.15, 0.2) is 5.82 Å². The highest BCUT2D eigenvalue weighted by Crippen LogP contribution is 2.29. The number of halogens is 6. The van der Waals surface area contributed by atoms with Gasteiger partial charge < -0.3 is 0 Å². The Kier molecular flexibility index (Phi) is 4.15. The molecular formula is C13H4BrClF4O. The second kappa shape index (κ2) is 5.54. The monoisotopic (exact) mass is 366 g/mol. The molecule has 0 unspecified atom stereocenters. The summed E-state index contributed by atoms with van der Waals surface area (Å²) in [6, 6.07) is 2.97. The van der Waals surface area contributed by atoms with Gasteiger partial charge >= 0.3 is 0 Å². The van der Waals surface area contributed by atoms with Crippen molar-refractivity contribution in [1.82, 2.24) is 0 Å². The molecule has 0 spiro atoms. The zero-order valence-electron chi connectivity index (χ0n) is 9.49. The molecule has 0 amide bonds. The van der Waals surface area contributed by atoms with E-state index in [9.17, 15) is 22.4 Å². The molecule has 104 valence electrons. The van der Waals surface area contributed by atoms with Gasteiger partial charge in [0.05, 0.1) is 16.1 Å². The largest absolute Gasteiger partial charge is 0.288 e. The molecule has 0 aliphatic heterocycles. The van der Waals surface area contributed by atoms with E-state index in [1.165, 1.54) is 6.07 Å². The van der Waals surface area contributed by atoms with Crippen molar-refractivity contribution in [3.8, 4) is 0 Å². The van der Waals surface area contributed by atoms with Crippen LogP contribution in [0.5, 0.6) is 0 Å². The van der Waals surface area contributed by atoms with Crippen LogP contribution in [-0.4, -0.2) is 5.78 Å². The number of carbonyl (C=O) groups excluding carboxylic acids is 1. The number of ketones is 1. The topological polar surface area (TPSA) is 17.1 Å². The van der Waals surface area contributed by atoms with E-state index in [0.29, 0.717) is 12.1 Å². The first-order valence-corrected chi connectivity index (χ1v) is 6.32. The molecule has 2 aromatic carbocycles.